The van der Waals surface area contributed by atoms with Crippen LogP contribution in [0.5, 0.6) is 0 Å². The standard InChI is InChI=1S/C12H11NO2/c13-6-9-7-14-11-5-8-3-1-2-4-10(8)12(9)15-11/h1-4,9,11-12H,5,7H2/t9-,11+,12+/m1/s1. The molecule has 0 spiro atoms. The number of ether oxygens (including phenoxy) is 2. The molecule has 3 atom stereocenters. The average molecular weight is 201 g/mol. The molecule has 1 aromatic rings. The van der Waals surface area contributed by atoms with E-state index in [-0.39, 0.29) is 18.3 Å². The van der Waals surface area contributed by atoms with Crippen LogP contribution in [0.1, 0.15) is 17.2 Å². The Kier molecular flexibility index (Phi) is 1.98. The Morgan fingerprint density at radius 2 is 2.20 bits per heavy atom. The summed E-state index contributed by atoms with van der Waals surface area (Å²) in [4.78, 5) is 0. The van der Waals surface area contributed by atoms with Crippen LogP contribution >= 0.6 is 0 Å². The smallest absolute Gasteiger partial charge is 0.162 e. The maximum Gasteiger partial charge on any atom is 0.162 e. The van der Waals surface area contributed by atoms with Crippen molar-refractivity contribution in [3.8, 4) is 6.07 Å². The summed E-state index contributed by atoms with van der Waals surface area (Å²) in [6, 6.07) is 10.4. The molecular formula is C12H11NO2. The third kappa shape index (κ3) is 1.34. The van der Waals surface area contributed by atoms with Gasteiger partial charge in [0.25, 0.3) is 0 Å². The highest BCUT2D eigenvalue weighted by Crippen LogP contribution is 2.39. The van der Waals surface area contributed by atoms with Gasteiger partial charge in [0.05, 0.1) is 12.7 Å². The average Bonchev–Trinajstić information content (AvgIpc) is 2.30. The van der Waals surface area contributed by atoms with Crippen molar-refractivity contribution in [1.82, 2.24) is 0 Å². The van der Waals surface area contributed by atoms with E-state index in [1.54, 1.807) is 0 Å². The zero-order valence-electron chi connectivity index (χ0n) is 8.22. The Morgan fingerprint density at radius 3 is 3.07 bits per heavy atom. The van der Waals surface area contributed by atoms with Crippen LogP contribution in [0.15, 0.2) is 24.3 Å². The Bertz CT molecular complexity index is 424. The molecule has 1 fully saturated rings. The first-order valence-corrected chi connectivity index (χ1v) is 5.13. The fourth-order valence-electron chi connectivity index (χ4n) is 2.28. The molecule has 0 aliphatic carbocycles. The van der Waals surface area contributed by atoms with E-state index in [0.29, 0.717) is 6.61 Å². The third-order valence-corrected chi connectivity index (χ3v) is 3.04. The lowest BCUT2D eigenvalue weighted by molar-refractivity contribution is -0.236. The summed E-state index contributed by atoms with van der Waals surface area (Å²) in [6.45, 7) is 0.486. The summed E-state index contributed by atoms with van der Waals surface area (Å²) in [5.74, 6) is -0.178. The van der Waals surface area contributed by atoms with Crippen LogP contribution in [0.4, 0.5) is 0 Å². The second-order valence-corrected chi connectivity index (χ2v) is 3.96. The van der Waals surface area contributed by atoms with Crippen LogP contribution in [0.2, 0.25) is 0 Å². The highest BCUT2D eigenvalue weighted by atomic mass is 16.7. The monoisotopic (exact) mass is 201 g/mol. The fourth-order valence-corrected chi connectivity index (χ4v) is 2.28. The number of nitrogens with zero attached hydrogens (tertiary/aromatic N) is 1. The number of nitriles is 1. The SMILES string of the molecule is N#C[C@@H]1CO[C@@H]2Cc3ccccc3[C@H]1O2. The van der Waals surface area contributed by atoms with Gasteiger partial charge in [-0.15, -0.1) is 0 Å². The normalized spacial score (nSPS) is 32.9. The maximum absolute atomic E-state index is 9.02. The van der Waals surface area contributed by atoms with Crippen molar-refractivity contribution in [2.24, 2.45) is 5.92 Å². The summed E-state index contributed by atoms with van der Waals surface area (Å²) < 4.78 is 11.2. The Labute approximate surface area is 88.2 Å². The molecule has 0 aromatic heterocycles. The van der Waals surface area contributed by atoms with Gasteiger partial charge in [0, 0.05) is 6.42 Å². The van der Waals surface area contributed by atoms with E-state index in [4.69, 9.17) is 14.7 Å². The van der Waals surface area contributed by atoms with Gasteiger partial charge in [-0.2, -0.15) is 5.26 Å². The second-order valence-electron chi connectivity index (χ2n) is 3.96. The molecule has 1 aromatic carbocycles. The minimum Gasteiger partial charge on any atom is -0.351 e. The van der Waals surface area contributed by atoms with E-state index in [1.807, 2.05) is 18.2 Å². The molecule has 2 aliphatic rings. The first kappa shape index (κ1) is 8.90. The lowest BCUT2D eigenvalue weighted by Crippen LogP contribution is -2.39. The molecule has 0 amide bonds. The fraction of sp³-hybridized carbons (Fsp3) is 0.417. The molecule has 76 valence electrons. The highest BCUT2D eigenvalue weighted by Gasteiger charge is 2.38. The Morgan fingerprint density at radius 1 is 1.33 bits per heavy atom. The molecule has 0 radical (unpaired) electrons. The van der Waals surface area contributed by atoms with Gasteiger partial charge < -0.3 is 9.47 Å². The lowest BCUT2D eigenvalue weighted by Gasteiger charge is -2.38. The summed E-state index contributed by atoms with van der Waals surface area (Å²) in [5, 5.41) is 9.02. The van der Waals surface area contributed by atoms with Gasteiger partial charge in [0.15, 0.2) is 6.29 Å². The topological polar surface area (TPSA) is 42.2 Å². The van der Waals surface area contributed by atoms with Crippen LogP contribution in [-0.4, -0.2) is 12.9 Å². The van der Waals surface area contributed by atoms with Crippen molar-refractivity contribution in [3.63, 3.8) is 0 Å². The summed E-state index contributed by atoms with van der Waals surface area (Å²) in [5.41, 5.74) is 2.40. The van der Waals surface area contributed by atoms with E-state index in [9.17, 15) is 0 Å². The molecule has 0 unspecified atom stereocenters. The first-order chi connectivity index (χ1) is 7.38. The second kappa shape index (κ2) is 3.34. The van der Waals surface area contributed by atoms with E-state index in [1.165, 1.54) is 5.56 Å². The first-order valence-electron chi connectivity index (χ1n) is 5.13. The van der Waals surface area contributed by atoms with Gasteiger partial charge in [-0.1, -0.05) is 24.3 Å². The van der Waals surface area contributed by atoms with Gasteiger partial charge in [-0.05, 0) is 11.1 Å². The van der Waals surface area contributed by atoms with Crippen LogP contribution < -0.4 is 0 Å². The number of hydrogen-bond acceptors (Lipinski definition) is 3. The molecule has 0 saturated carbocycles. The predicted molar refractivity (Wildman–Crippen MR) is 52.8 cm³/mol. The van der Waals surface area contributed by atoms with Crippen LogP contribution in [0.3, 0.4) is 0 Å². The van der Waals surface area contributed by atoms with Crippen molar-refractivity contribution in [2.45, 2.75) is 18.8 Å². The van der Waals surface area contributed by atoms with E-state index >= 15 is 0 Å². The summed E-state index contributed by atoms with van der Waals surface area (Å²) in [6.07, 6.45) is 0.540. The van der Waals surface area contributed by atoms with Crippen molar-refractivity contribution < 1.29 is 9.47 Å². The van der Waals surface area contributed by atoms with Gasteiger partial charge in [0.2, 0.25) is 0 Å². The van der Waals surface area contributed by atoms with Crippen molar-refractivity contribution in [1.29, 1.82) is 5.26 Å². The minimum absolute atomic E-state index is 0.0984. The number of fused-ring (bicyclic) bond motifs is 4. The summed E-state index contributed by atoms with van der Waals surface area (Å²) >= 11 is 0. The van der Waals surface area contributed by atoms with Crippen molar-refractivity contribution in [3.05, 3.63) is 35.4 Å². The van der Waals surface area contributed by atoms with Gasteiger partial charge in [-0.3, -0.25) is 0 Å². The van der Waals surface area contributed by atoms with Gasteiger partial charge >= 0.3 is 0 Å². The lowest BCUT2D eigenvalue weighted by atomic mass is 9.88. The number of hydrogen-bond donors (Lipinski definition) is 0. The van der Waals surface area contributed by atoms with Gasteiger partial charge in [-0.25, -0.2) is 0 Å². The zero-order chi connectivity index (χ0) is 10.3. The largest absolute Gasteiger partial charge is 0.351 e. The number of rotatable bonds is 0. The van der Waals surface area contributed by atoms with E-state index in [2.05, 4.69) is 12.1 Å². The van der Waals surface area contributed by atoms with Crippen molar-refractivity contribution in [2.75, 3.05) is 6.61 Å². The molecule has 2 bridgehead atoms. The third-order valence-electron chi connectivity index (χ3n) is 3.04. The molecule has 3 nitrogen and oxygen atoms in total. The van der Waals surface area contributed by atoms with Gasteiger partial charge in [0.1, 0.15) is 12.0 Å². The Balaban J connectivity index is 2.06. The Hall–Kier alpha value is -1.37. The molecule has 1 saturated heterocycles. The molecule has 3 heteroatoms. The minimum atomic E-state index is -0.178. The molecule has 0 N–H and O–H groups in total. The van der Waals surface area contributed by atoms with E-state index in [0.717, 1.165) is 12.0 Å². The molecule has 3 rings (SSSR count). The molecule has 2 heterocycles. The molecule has 2 aliphatic heterocycles. The van der Waals surface area contributed by atoms with E-state index < -0.39 is 0 Å². The quantitative estimate of drug-likeness (QED) is 0.642. The van der Waals surface area contributed by atoms with Crippen molar-refractivity contribution >= 4 is 0 Å². The van der Waals surface area contributed by atoms with Crippen LogP contribution in [-0.2, 0) is 15.9 Å². The predicted octanol–water partition coefficient (Wildman–Crippen LogP) is 1.80. The highest BCUT2D eigenvalue weighted by molar-refractivity contribution is 5.33. The van der Waals surface area contributed by atoms with Crippen LogP contribution in [0, 0.1) is 17.2 Å². The molecular weight excluding hydrogens is 190 g/mol. The number of benzene rings is 1. The zero-order valence-corrected chi connectivity index (χ0v) is 8.22. The van der Waals surface area contributed by atoms with Crippen LogP contribution in [0.25, 0.3) is 0 Å². The molecule has 15 heavy (non-hydrogen) atoms. The summed E-state index contributed by atoms with van der Waals surface area (Å²) in [7, 11) is 0. The maximum atomic E-state index is 9.02.